The summed E-state index contributed by atoms with van der Waals surface area (Å²) in [5.41, 5.74) is 1.69. The SMILES string of the molecule is Cc1cc(Sc2ccccc2C=O)n(C)n1. The number of carbonyl (C=O) groups excluding carboxylic acids is 1. The largest absolute Gasteiger partial charge is 0.298 e. The Morgan fingerprint density at radius 2 is 2.12 bits per heavy atom. The molecule has 0 radical (unpaired) electrons. The Bertz CT molecular complexity index is 519. The van der Waals surface area contributed by atoms with E-state index in [4.69, 9.17) is 0 Å². The first-order valence-electron chi connectivity index (χ1n) is 4.93. The van der Waals surface area contributed by atoms with Crippen LogP contribution in [0.1, 0.15) is 16.1 Å². The molecule has 0 saturated carbocycles. The molecule has 0 atom stereocenters. The number of hydrogen-bond donors (Lipinski definition) is 0. The van der Waals surface area contributed by atoms with E-state index in [2.05, 4.69) is 5.10 Å². The first-order chi connectivity index (χ1) is 7.70. The lowest BCUT2D eigenvalue weighted by atomic mass is 10.2. The Balaban J connectivity index is 2.33. The topological polar surface area (TPSA) is 34.9 Å². The predicted octanol–water partition coefficient (Wildman–Crippen LogP) is 2.69. The van der Waals surface area contributed by atoms with Crippen LogP contribution in [-0.2, 0) is 7.05 Å². The molecule has 2 rings (SSSR count). The first-order valence-corrected chi connectivity index (χ1v) is 5.75. The highest BCUT2D eigenvalue weighted by molar-refractivity contribution is 7.99. The average molecular weight is 232 g/mol. The molecular weight excluding hydrogens is 220 g/mol. The molecule has 0 amide bonds. The number of carbonyl (C=O) groups is 1. The van der Waals surface area contributed by atoms with Gasteiger partial charge >= 0.3 is 0 Å². The first kappa shape index (κ1) is 11.0. The minimum Gasteiger partial charge on any atom is -0.298 e. The highest BCUT2D eigenvalue weighted by Crippen LogP contribution is 2.29. The van der Waals surface area contributed by atoms with Crippen LogP contribution in [0.25, 0.3) is 0 Å². The smallest absolute Gasteiger partial charge is 0.151 e. The summed E-state index contributed by atoms with van der Waals surface area (Å²) in [5.74, 6) is 0. The summed E-state index contributed by atoms with van der Waals surface area (Å²) in [6.45, 7) is 1.95. The molecule has 0 bridgehead atoms. The van der Waals surface area contributed by atoms with E-state index in [9.17, 15) is 4.79 Å². The predicted molar refractivity (Wildman–Crippen MR) is 63.9 cm³/mol. The molecule has 0 saturated heterocycles. The van der Waals surface area contributed by atoms with Gasteiger partial charge in [-0.1, -0.05) is 30.0 Å². The van der Waals surface area contributed by atoms with Crippen molar-refractivity contribution in [3.8, 4) is 0 Å². The van der Waals surface area contributed by atoms with Crippen molar-refractivity contribution in [2.24, 2.45) is 7.05 Å². The van der Waals surface area contributed by atoms with Gasteiger partial charge in [0.25, 0.3) is 0 Å². The molecule has 0 aliphatic heterocycles. The lowest BCUT2D eigenvalue weighted by molar-refractivity contribution is 0.112. The molecule has 0 fully saturated rings. The standard InChI is InChI=1S/C12H12N2OS/c1-9-7-12(14(2)13-9)16-11-6-4-3-5-10(11)8-15/h3-8H,1-2H3. The molecule has 1 heterocycles. The van der Waals surface area contributed by atoms with Crippen molar-refractivity contribution in [1.82, 2.24) is 9.78 Å². The van der Waals surface area contributed by atoms with Crippen LogP contribution in [-0.4, -0.2) is 16.1 Å². The zero-order chi connectivity index (χ0) is 11.5. The van der Waals surface area contributed by atoms with E-state index in [-0.39, 0.29) is 0 Å². The van der Waals surface area contributed by atoms with Crippen LogP contribution in [0.3, 0.4) is 0 Å². The molecular formula is C12H12N2OS. The number of aldehydes is 1. The maximum atomic E-state index is 10.9. The van der Waals surface area contributed by atoms with Crippen LogP contribution in [0.4, 0.5) is 0 Å². The van der Waals surface area contributed by atoms with Crippen molar-refractivity contribution in [1.29, 1.82) is 0 Å². The molecule has 2 aromatic rings. The molecule has 4 heteroatoms. The van der Waals surface area contributed by atoms with Gasteiger partial charge in [0.2, 0.25) is 0 Å². The van der Waals surface area contributed by atoms with Gasteiger partial charge in [0.05, 0.1) is 10.7 Å². The number of rotatable bonds is 3. The maximum Gasteiger partial charge on any atom is 0.151 e. The van der Waals surface area contributed by atoms with Crippen LogP contribution >= 0.6 is 11.8 Å². The average Bonchev–Trinajstić information content (AvgIpc) is 2.58. The molecule has 1 aromatic heterocycles. The fourth-order valence-electron chi connectivity index (χ4n) is 1.47. The number of benzene rings is 1. The van der Waals surface area contributed by atoms with Crippen LogP contribution in [0.15, 0.2) is 40.3 Å². The number of hydrogen-bond acceptors (Lipinski definition) is 3. The second kappa shape index (κ2) is 4.53. The van der Waals surface area contributed by atoms with Gasteiger partial charge in [-0.2, -0.15) is 5.10 Å². The molecule has 16 heavy (non-hydrogen) atoms. The molecule has 0 spiro atoms. The van der Waals surface area contributed by atoms with Crippen molar-refractivity contribution in [3.05, 3.63) is 41.6 Å². The number of aryl methyl sites for hydroxylation is 2. The monoisotopic (exact) mass is 232 g/mol. The minimum absolute atomic E-state index is 0.714. The van der Waals surface area contributed by atoms with Gasteiger partial charge < -0.3 is 0 Å². The third-order valence-corrected chi connectivity index (χ3v) is 3.40. The van der Waals surface area contributed by atoms with Gasteiger partial charge in [-0.25, -0.2) is 0 Å². The third kappa shape index (κ3) is 2.17. The van der Waals surface area contributed by atoms with E-state index in [1.165, 1.54) is 0 Å². The third-order valence-electron chi connectivity index (χ3n) is 2.22. The summed E-state index contributed by atoms with van der Waals surface area (Å²) in [7, 11) is 1.90. The number of nitrogens with zero attached hydrogens (tertiary/aromatic N) is 2. The molecule has 0 aliphatic carbocycles. The quantitative estimate of drug-likeness (QED) is 0.763. The summed E-state index contributed by atoms with van der Waals surface area (Å²) < 4.78 is 1.82. The van der Waals surface area contributed by atoms with Crippen LogP contribution in [0, 0.1) is 6.92 Å². The molecule has 0 unspecified atom stereocenters. The van der Waals surface area contributed by atoms with Crippen LogP contribution in [0.2, 0.25) is 0 Å². The van der Waals surface area contributed by atoms with Crippen molar-refractivity contribution >= 4 is 18.0 Å². The molecule has 82 valence electrons. The Hall–Kier alpha value is -1.55. The fraction of sp³-hybridized carbons (Fsp3) is 0.167. The summed E-state index contributed by atoms with van der Waals surface area (Å²) in [5, 5.41) is 5.30. The van der Waals surface area contributed by atoms with E-state index in [0.29, 0.717) is 5.56 Å². The second-order valence-corrected chi connectivity index (χ2v) is 4.57. The zero-order valence-corrected chi connectivity index (χ0v) is 9.99. The lowest BCUT2D eigenvalue weighted by Crippen LogP contribution is -1.93. The maximum absolute atomic E-state index is 10.9. The minimum atomic E-state index is 0.714. The lowest BCUT2D eigenvalue weighted by Gasteiger charge is -2.03. The molecule has 3 nitrogen and oxygen atoms in total. The van der Waals surface area contributed by atoms with Gasteiger partial charge in [-0.3, -0.25) is 9.48 Å². The van der Waals surface area contributed by atoms with E-state index >= 15 is 0 Å². The van der Waals surface area contributed by atoms with Crippen LogP contribution < -0.4 is 0 Å². The van der Waals surface area contributed by atoms with Crippen molar-refractivity contribution < 1.29 is 4.79 Å². The fourth-order valence-corrected chi connectivity index (χ4v) is 2.47. The summed E-state index contributed by atoms with van der Waals surface area (Å²) >= 11 is 1.56. The van der Waals surface area contributed by atoms with E-state index in [1.807, 2.05) is 49.0 Å². The second-order valence-electron chi connectivity index (χ2n) is 3.51. The zero-order valence-electron chi connectivity index (χ0n) is 9.18. The van der Waals surface area contributed by atoms with E-state index < -0.39 is 0 Å². The van der Waals surface area contributed by atoms with Gasteiger partial charge in [-0.15, -0.1) is 0 Å². The Morgan fingerprint density at radius 3 is 2.75 bits per heavy atom. The molecule has 0 aliphatic rings. The Kier molecular flexibility index (Phi) is 3.10. The molecule has 1 aromatic carbocycles. The van der Waals surface area contributed by atoms with Gasteiger partial charge in [0, 0.05) is 17.5 Å². The summed E-state index contributed by atoms with van der Waals surface area (Å²) in [4.78, 5) is 11.8. The normalized spacial score (nSPS) is 10.4. The van der Waals surface area contributed by atoms with Gasteiger partial charge in [0.1, 0.15) is 0 Å². The van der Waals surface area contributed by atoms with Gasteiger partial charge in [-0.05, 0) is 19.1 Å². The highest BCUT2D eigenvalue weighted by Gasteiger charge is 2.07. The van der Waals surface area contributed by atoms with Crippen LogP contribution in [0.5, 0.6) is 0 Å². The van der Waals surface area contributed by atoms with E-state index in [0.717, 1.165) is 21.9 Å². The van der Waals surface area contributed by atoms with Crippen molar-refractivity contribution in [2.75, 3.05) is 0 Å². The summed E-state index contributed by atoms with van der Waals surface area (Å²) in [6.07, 6.45) is 0.881. The Morgan fingerprint density at radius 1 is 1.38 bits per heavy atom. The van der Waals surface area contributed by atoms with Gasteiger partial charge in [0.15, 0.2) is 6.29 Å². The summed E-state index contributed by atoms with van der Waals surface area (Å²) in [6, 6.07) is 9.56. The molecule has 0 N–H and O–H groups in total. The number of aromatic nitrogens is 2. The Labute approximate surface area is 98.5 Å². The van der Waals surface area contributed by atoms with Crippen molar-refractivity contribution in [3.63, 3.8) is 0 Å². The van der Waals surface area contributed by atoms with E-state index in [1.54, 1.807) is 11.8 Å². The highest BCUT2D eigenvalue weighted by atomic mass is 32.2. The van der Waals surface area contributed by atoms with Crippen molar-refractivity contribution in [2.45, 2.75) is 16.8 Å².